The molecule has 2 nitrogen and oxygen atoms in total. The summed E-state index contributed by atoms with van der Waals surface area (Å²) in [5.74, 6) is 3.91. The van der Waals surface area contributed by atoms with Crippen molar-refractivity contribution in [2.24, 2.45) is 29.6 Å². The first-order valence-electron chi connectivity index (χ1n) is 11.9. The second kappa shape index (κ2) is 10.1. The number of hydrogen-bond acceptors (Lipinski definition) is 2. The Balaban J connectivity index is 1.36. The van der Waals surface area contributed by atoms with Gasteiger partial charge in [-0.15, -0.1) is 0 Å². The third-order valence-electron chi connectivity index (χ3n) is 8.01. The predicted octanol–water partition coefficient (Wildman–Crippen LogP) is 6.91. The van der Waals surface area contributed by atoms with Crippen molar-refractivity contribution in [2.75, 3.05) is 0 Å². The van der Waals surface area contributed by atoms with Gasteiger partial charge in [0.05, 0.1) is 5.92 Å². The lowest BCUT2D eigenvalue weighted by atomic mass is 9.67. The van der Waals surface area contributed by atoms with Crippen LogP contribution in [-0.4, -0.2) is 12.1 Å². The third kappa shape index (κ3) is 5.26. The molecule has 2 atom stereocenters. The number of esters is 1. The van der Waals surface area contributed by atoms with Crippen LogP contribution in [0.5, 0.6) is 0 Å². The third-order valence-corrected chi connectivity index (χ3v) is 8.01. The first-order valence-corrected chi connectivity index (χ1v) is 11.9. The van der Waals surface area contributed by atoms with Gasteiger partial charge in [-0.05, 0) is 81.5 Å². The molecule has 3 aliphatic rings. The molecular weight excluding hydrogens is 320 g/mol. The van der Waals surface area contributed by atoms with Crippen LogP contribution in [0.1, 0.15) is 110 Å². The molecule has 2 saturated carbocycles. The Morgan fingerprint density at radius 3 is 1.96 bits per heavy atom. The highest BCUT2D eigenvalue weighted by molar-refractivity contribution is 5.73. The van der Waals surface area contributed by atoms with E-state index in [1.807, 2.05) is 0 Å². The minimum absolute atomic E-state index is 0.0901. The summed E-state index contributed by atoms with van der Waals surface area (Å²) in [6.45, 7) is 4.42. The SMILES string of the molecule is CCCCCC1CCC(C2CCC(C3CCC(CC)C(=O)O3)CC2)CC1. The minimum Gasteiger partial charge on any atom is -0.462 e. The lowest BCUT2D eigenvalue weighted by Gasteiger charge is -2.41. The fourth-order valence-electron chi connectivity index (χ4n) is 6.11. The van der Waals surface area contributed by atoms with Crippen LogP contribution < -0.4 is 0 Å². The fraction of sp³-hybridized carbons (Fsp3) is 0.958. The quantitative estimate of drug-likeness (QED) is 0.363. The summed E-state index contributed by atoms with van der Waals surface area (Å²) in [6.07, 6.45) is 20.4. The zero-order chi connectivity index (χ0) is 18.4. The smallest absolute Gasteiger partial charge is 0.309 e. The van der Waals surface area contributed by atoms with E-state index in [1.165, 1.54) is 77.0 Å². The maximum Gasteiger partial charge on any atom is 0.309 e. The van der Waals surface area contributed by atoms with Gasteiger partial charge >= 0.3 is 5.97 Å². The van der Waals surface area contributed by atoms with Crippen LogP contribution in [0.4, 0.5) is 0 Å². The number of carbonyl (C=O) groups is 1. The van der Waals surface area contributed by atoms with Gasteiger partial charge in [0.15, 0.2) is 0 Å². The van der Waals surface area contributed by atoms with Gasteiger partial charge in [0.2, 0.25) is 0 Å². The van der Waals surface area contributed by atoms with Crippen LogP contribution in [0, 0.1) is 29.6 Å². The van der Waals surface area contributed by atoms with Crippen LogP contribution in [0.15, 0.2) is 0 Å². The van der Waals surface area contributed by atoms with E-state index in [0.717, 1.165) is 37.0 Å². The first kappa shape index (κ1) is 20.2. The zero-order valence-corrected chi connectivity index (χ0v) is 17.4. The molecule has 1 heterocycles. The Hall–Kier alpha value is -0.530. The molecule has 0 radical (unpaired) electrons. The summed E-state index contributed by atoms with van der Waals surface area (Å²) in [4.78, 5) is 12.1. The molecule has 3 rings (SSSR count). The molecule has 0 amide bonds. The lowest BCUT2D eigenvalue weighted by Crippen LogP contribution is -2.38. The van der Waals surface area contributed by atoms with Crippen molar-refractivity contribution in [3.05, 3.63) is 0 Å². The number of cyclic esters (lactones) is 1. The van der Waals surface area contributed by atoms with E-state index >= 15 is 0 Å². The number of ether oxygens (including phenoxy) is 1. The highest BCUT2D eigenvalue weighted by atomic mass is 16.5. The number of unbranched alkanes of at least 4 members (excludes halogenated alkanes) is 2. The average Bonchev–Trinajstić information content (AvgIpc) is 2.69. The van der Waals surface area contributed by atoms with Crippen molar-refractivity contribution in [3.8, 4) is 0 Å². The van der Waals surface area contributed by atoms with Crippen molar-refractivity contribution >= 4 is 5.97 Å². The Morgan fingerprint density at radius 2 is 1.38 bits per heavy atom. The van der Waals surface area contributed by atoms with Crippen LogP contribution in [0.25, 0.3) is 0 Å². The van der Waals surface area contributed by atoms with Crippen molar-refractivity contribution in [1.82, 2.24) is 0 Å². The van der Waals surface area contributed by atoms with Crippen molar-refractivity contribution < 1.29 is 9.53 Å². The van der Waals surface area contributed by atoms with Gasteiger partial charge in [-0.25, -0.2) is 0 Å². The molecule has 0 aromatic carbocycles. The second-order valence-corrected chi connectivity index (χ2v) is 9.61. The lowest BCUT2D eigenvalue weighted by molar-refractivity contribution is -0.165. The molecule has 1 saturated heterocycles. The fourth-order valence-corrected chi connectivity index (χ4v) is 6.11. The molecule has 3 fully saturated rings. The Kier molecular flexibility index (Phi) is 7.88. The van der Waals surface area contributed by atoms with Crippen LogP contribution in [0.2, 0.25) is 0 Å². The van der Waals surface area contributed by atoms with E-state index in [2.05, 4.69) is 13.8 Å². The van der Waals surface area contributed by atoms with E-state index < -0.39 is 0 Å². The van der Waals surface area contributed by atoms with E-state index in [1.54, 1.807) is 0 Å². The molecule has 0 aromatic rings. The topological polar surface area (TPSA) is 26.3 Å². The van der Waals surface area contributed by atoms with E-state index in [-0.39, 0.29) is 18.0 Å². The van der Waals surface area contributed by atoms with Crippen LogP contribution in [0.3, 0.4) is 0 Å². The zero-order valence-electron chi connectivity index (χ0n) is 17.4. The van der Waals surface area contributed by atoms with Crippen LogP contribution >= 0.6 is 0 Å². The monoisotopic (exact) mass is 362 g/mol. The average molecular weight is 363 g/mol. The van der Waals surface area contributed by atoms with Crippen molar-refractivity contribution in [3.63, 3.8) is 0 Å². The molecule has 1 aliphatic heterocycles. The van der Waals surface area contributed by atoms with Gasteiger partial charge < -0.3 is 4.74 Å². The van der Waals surface area contributed by atoms with Gasteiger partial charge in [0.25, 0.3) is 0 Å². The standard InChI is InChI=1S/C24H42O2/c1-3-5-6-7-18-8-10-20(11-9-18)21-12-14-22(15-13-21)23-17-16-19(4-2)24(25)26-23/h18-23H,3-17H2,1-2H3. The number of hydrogen-bond donors (Lipinski definition) is 0. The Labute approximate surface area is 161 Å². The Morgan fingerprint density at radius 1 is 0.769 bits per heavy atom. The summed E-state index contributed by atoms with van der Waals surface area (Å²) in [6, 6.07) is 0. The molecule has 0 aromatic heterocycles. The maximum atomic E-state index is 12.1. The largest absolute Gasteiger partial charge is 0.462 e. The first-order chi connectivity index (χ1) is 12.7. The molecule has 26 heavy (non-hydrogen) atoms. The van der Waals surface area contributed by atoms with Crippen molar-refractivity contribution in [2.45, 2.75) is 116 Å². The summed E-state index contributed by atoms with van der Waals surface area (Å²) < 4.78 is 5.83. The van der Waals surface area contributed by atoms with Gasteiger partial charge in [-0.2, -0.15) is 0 Å². The van der Waals surface area contributed by atoms with Crippen molar-refractivity contribution in [1.29, 1.82) is 0 Å². The number of carbonyl (C=O) groups excluding carboxylic acids is 1. The van der Waals surface area contributed by atoms with E-state index in [4.69, 9.17) is 4.74 Å². The molecule has 2 heteroatoms. The van der Waals surface area contributed by atoms with Gasteiger partial charge in [-0.1, -0.05) is 52.4 Å². The summed E-state index contributed by atoms with van der Waals surface area (Å²) in [5, 5.41) is 0. The molecule has 0 N–H and O–H groups in total. The summed E-state index contributed by atoms with van der Waals surface area (Å²) >= 11 is 0. The normalized spacial score (nSPS) is 38.8. The molecule has 150 valence electrons. The molecule has 0 bridgehead atoms. The van der Waals surface area contributed by atoms with Gasteiger partial charge in [0, 0.05) is 0 Å². The maximum absolute atomic E-state index is 12.1. The highest BCUT2D eigenvalue weighted by Crippen LogP contribution is 2.44. The van der Waals surface area contributed by atoms with Crippen LogP contribution in [-0.2, 0) is 9.53 Å². The molecular formula is C24H42O2. The minimum atomic E-state index is 0.0901. The van der Waals surface area contributed by atoms with E-state index in [9.17, 15) is 4.79 Å². The highest BCUT2D eigenvalue weighted by Gasteiger charge is 2.37. The molecule has 2 aliphatic carbocycles. The summed E-state index contributed by atoms with van der Waals surface area (Å²) in [7, 11) is 0. The second-order valence-electron chi connectivity index (χ2n) is 9.61. The van der Waals surface area contributed by atoms with E-state index in [0.29, 0.717) is 5.92 Å². The molecule has 0 spiro atoms. The van der Waals surface area contributed by atoms with Gasteiger partial charge in [0.1, 0.15) is 6.10 Å². The molecule has 2 unspecified atom stereocenters. The summed E-state index contributed by atoms with van der Waals surface area (Å²) in [5.41, 5.74) is 0. The predicted molar refractivity (Wildman–Crippen MR) is 108 cm³/mol. The number of rotatable bonds is 7. The van der Waals surface area contributed by atoms with Gasteiger partial charge in [-0.3, -0.25) is 4.79 Å². The Bertz CT molecular complexity index is 416.